The number of nitrogens with one attached hydrogen (secondary N) is 1. The molecule has 1 saturated heterocycles. The molecular weight excluding hydrogens is 515 g/mol. The monoisotopic (exact) mass is 536 g/mol. The molecule has 2 bridgehead atoms. The molecule has 5 rings (SSSR count). The van der Waals surface area contributed by atoms with Gasteiger partial charge in [-0.2, -0.15) is 0 Å². The fraction of sp³-hybridized carbons (Fsp3) is 0.476. The molecule has 34 heavy (non-hydrogen) atoms. The second kappa shape index (κ2) is 8.22. The zero-order valence-electron chi connectivity index (χ0n) is 18.6. The number of aromatic nitrogens is 4. The average molecular weight is 537 g/mol. The van der Waals surface area contributed by atoms with Crippen LogP contribution >= 0.6 is 15.9 Å². The van der Waals surface area contributed by atoms with E-state index in [2.05, 4.69) is 36.7 Å². The number of rotatable bonds is 4. The first-order valence-corrected chi connectivity index (χ1v) is 11.5. The SMILES string of the molecule is CC(C)(C)OC(=O)N1CC2CC1CC2Nc1nonc1-c1noc(=O)n1-c1ccc(F)c(Br)c1. The molecule has 3 atom stereocenters. The standard InChI is InChI=1S/C21H22BrFN6O5/c1-21(2,3)32-19(30)28-9-10-6-12(28)8-15(10)24-17-16(25-34-26-17)18-27-33-20(31)29(18)11-4-5-14(23)13(22)7-11/h4-5,7,10,12,15H,6,8-9H2,1-3H3,(H,24,26). The van der Waals surface area contributed by atoms with Gasteiger partial charge in [-0.15, -0.1) is 0 Å². The first-order valence-electron chi connectivity index (χ1n) is 10.7. The molecule has 0 spiro atoms. The van der Waals surface area contributed by atoms with E-state index in [1.165, 1.54) is 18.2 Å². The van der Waals surface area contributed by atoms with E-state index in [-0.39, 0.29) is 40.1 Å². The van der Waals surface area contributed by atoms with Crippen molar-refractivity contribution in [2.45, 2.75) is 51.3 Å². The van der Waals surface area contributed by atoms with Gasteiger partial charge in [-0.3, -0.25) is 4.52 Å². The normalized spacial score (nSPS) is 21.8. The van der Waals surface area contributed by atoms with Crippen molar-refractivity contribution < 1.29 is 23.1 Å². The molecule has 1 aromatic carbocycles. The summed E-state index contributed by atoms with van der Waals surface area (Å²) in [5.74, 6) is -0.697. The summed E-state index contributed by atoms with van der Waals surface area (Å²) in [4.78, 5) is 26.6. The number of amides is 1. The van der Waals surface area contributed by atoms with Gasteiger partial charge in [0.1, 0.15) is 11.4 Å². The Morgan fingerprint density at radius 3 is 2.74 bits per heavy atom. The number of piperidine rings is 1. The van der Waals surface area contributed by atoms with Gasteiger partial charge in [0.25, 0.3) is 0 Å². The zero-order chi connectivity index (χ0) is 24.2. The molecule has 1 N–H and O–H groups in total. The Morgan fingerprint density at radius 2 is 2.06 bits per heavy atom. The predicted octanol–water partition coefficient (Wildman–Crippen LogP) is 3.59. The highest BCUT2D eigenvalue weighted by molar-refractivity contribution is 9.10. The summed E-state index contributed by atoms with van der Waals surface area (Å²) in [6.07, 6.45) is 1.24. The second-order valence-electron chi connectivity index (χ2n) is 9.44. The quantitative estimate of drug-likeness (QED) is 0.531. The number of ether oxygens (including phenoxy) is 1. The van der Waals surface area contributed by atoms with Gasteiger partial charge in [0.2, 0.25) is 11.6 Å². The number of halogens is 2. The zero-order valence-corrected chi connectivity index (χ0v) is 20.2. The van der Waals surface area contributed by atoms with Crippen LogP contribution in [0.25, 0.3) is 17.2 Å². The van der Waals surface area contributed by atoms with E-state index < -0.39 is 17.2 Å². The van der Waals surface area contributed by atoms with E-state index in [1.54, 1.807) is 4.90 Å². The van der Waals surface area contributed by atoms with Gasteiger partial charge in [-0.25, -0.2) is 23.2 Å². The fourth-order valence-corrected chi connectivity index (χ4v) is 4.90. The summed E-state index contributed by atoms with van der Waals surface area (Å²) in [5.41, 5.74) is -0.0415. The number of anilines is 1. The smallest absolute Gasteiger partial charge is 0.444 e. The van der Waals surface area contributed by atoms with Crippen LogP contribution in [-0.2, 0) is 4.74 Å². The van der Waals surface area contributed by atoms with E-state index in [9.17, 15) is 14.0 Å². The van der Waals surface area contributed by atoms with Crippen molar-refractivity contribution in [2.24, 2.45) is 5.92 Å². The summed E-state index contributed by atoms with van der Waals surface area (Å²) in [6, 6.07) is 4.14. The number of likely N-dealkylation sites (tertiary alicyclic amines) is 1. The molecular formula is C21H22BrFN6O5. The summed E-state index contributed by atoms with van der Waals surface area (Å²) >= 11 is 3.11. The topological polar surface area (TPSA) is 129 Å². The molecule has 13 heteroatoms. The minimum absolute atomic E-state index is 0.0152. The lowest BCUT2D eigenvalue weighted by Crippen LogP contribution is -2.45. The van der Waals surface area contributed by atoms with Crippen LogP contribution in [0.3, 0.4) is 0 Å². The van der Waals surface area contributed by atoms with Crippen LogP contribution in [0.1, 0.15) is 33.6 Å². The summed E-state index contributed by atoms with van der Waals surface area (Å²) < 4.78 is 30.3. The van der Waals surface area contributed by atoms with E-state index in [1.807, 2.05) is 20.8 Å². The molecule has 2 aliphatic rings. The fourth-order valence-electron chi connectivity index (χ4n) is 4.53. The first kappa shape index (κ1) is 22.6. The summed E-state index contributed by atoms with van der Waals surface area (Å²) in [7, 11) is 0. The lowest BCUT2D eigenvalue weighted by atomic mass is 10.0. The molecule has 1 amide bonds. The molecule has 3 aromatic rings. The van der Waals surface area contributed by atoms with Crippen LogP contribution in [-0.4, -0.2) is 55.3 Å². The number of hydrogen-bond donors (Lipinski definition) is 1. The minimum Gasteiger partial charge on any atom is -0.444 e. The third-order valence-corrected chi connectivity index (χ3v) is 6.57. The van der Waals surface area contributed by atoms with Crippen LogP contribution in [0.4, 0.5) is 15.0 Å². The van der Waals surface area contributed by atoms with Crippen molar-refractivity contribution in [3.8, 4) is 17.2 Å². The second-order valence-corrected chi connectivity index (χ2v) is 10.3. The van der Waals surface area contributed by atoms with E-state index in [4.69, 9.17) is 13.9 Å². The first-order chi connectivity index (χ1) is 16.1. The van der Waals surface area contributed by atoms with Crippen LogP contribution < -0.4 is 11.1 Å². The maximum atomic E-state index is 13.7. The molecule has 1 aliphatic heterocycles. The predicted molar refractivity (Wildman–Crippen MR) is 120 cm³/mol. The maximum absolute atomic E-state index is 13.7. The molecule has 0 radical (unpaired) electrons. The van der Waals surface area contributed by atoms with Gasteiger partial charge in [-0.05, 0) is 84.0 Å². The number of carbonyl (C=O) groups is 1. The number of fused-ring (bicyclic) bond motifs is 2. The Balaban J connectivity index is 1.35. The van der Waals surface area contributed by atoms with E-state index >= 15 is 0 Å². The van der Waals surface area contributed by atoms with Crippen LogP contribution in [0.5, 0.6) is 0 Å². The van der Waals surface area contributed by atoms with Gasteiger partial charge in [-0.1, -0.05) is 5.16 Å². The van der Waals surface area contributed by atoms with Gasteiger partial charge in [0, 0.05) is 18.6 Å². The van der Waals surface area contributed by atoms with Gasteiger partial charge >= 0.3 is 11.8 Å². The Morgan fingerprint density at radius 1 is 1.26 bits per heavy atom. The third kappa shape index (κ3) is 4.08. The van der Waals surface area contributed by atoms with Crippen molar-refractivity contribution in [3.63, 3.8) is 0 Å². The highest BCUT2D eigenvalue weighted by Gasteiger charge is 2.48. The molecule has 1 saturated carbocycles. The van der Waals surface area contributed by atoms with Crippen LogP contribution in [0.15, 0.2) is 36.6 Å². The molecule has 3 heterocycles. The lowest BCUT2D eigenvalue weighted by molar-refractivity contribution is 0.0186. The lowest BCUT2D eigenvalue weighted by Gasteiger charge is -2.33. The van der Waals surface area contributed by atoms with E-state index in [0.717, 1.165) is 11.0 Å². The maximum Gasteiger partial charge on any atom is 0.446 e. The Kier molecular flexibility index (Phi) is 5.46. The highest BCUT2D eigenvalue weighted by Crippen LogP contribution is 2.40. The number of nitrogens with zero attached hydrogens (tertiary/aromatic N) is 5. The summed E-state index contributed by atoms with van der Waals surface area (Å²) in [5, 5.41) is 15.0. The van der Waals surface area contributed by atoms with Crippen molar-refractivity contribution in [3.05, 3.63) is 39.0 Å². The molecule has 11 nitrogen and oxygen atoms in total. The molecule has 2 fully saturated rings. The summed E-state index contributed by atoms with van der Waals surface area (Å²) in [6.45, 7) is 6.10. The molecule has 180 valence electrons. The molecule has 3 unspecified atom stereocenters. The number of carbonyl (C=O) groups excluding carboxylic acids is 1. The Bertz CT molecular complexity index is 1300. The van der Waals surface area contributed by atoms with Crippen LogP contribution in [0, 0.1) is 11.7 Å². The molecule has 1 aliphatic carbocycles. The van der Waals surface area contributed by atoms with Gasteiger partial charge in [0.15, 0.2) is 5.69 Å². The van der Waals surface area contributed by atoms with Crippen molar-refractivity contribution in [2.75, 3.05) is 11.9 Å². The van der Waals surface area contributed by atoms with Crippen molar-refractivity contribution in [1.82, 2.24) is 24.9 Å². The largest absolute Gasteiger partial charge is 0.446 e. The van der Waals surface area contributed by atoms with Crippen molar-refractivity contribution in [1.29, 1.82) is 0 Å². The number of benzene rings is 1. The van der Waals surface area contributed by atoms with Gasteiger partial charge in [0.05, 0.1) is 10.2 Å². The van der Waals surface area contributed by atoms with Gasteiger partial charge < -0.3 is 15.0 Å². The Hall–Kier alpha value is -3.22. The van der Waals surface area contributed by atoms with Crippen molar-refractivity contribution >= 4 is 27.8 Å². The minimum atomic E-state index is -0.768. The average Bonchev–Trinajstić information content (AvgIpc) is 3.53. The Labute approximate surface area is 201 Å². The highest BCUT2D eigenvalue weighted by atomic mass is 79.9. The third-order valence-electron chi connectivity index (χ3n) is 5.96. The van der Waals surface area contributed by atoms with E-state index in [0.29, 0.717) is 24.5 Å². The van der Waals surface area contributed by atoms with Crippen LogP contribution in [0.2, 0.25) is 0 Å². The molecule has 2 aromatic heterocycles. The number of hydrogen-bond acceptors (Lipinski definition) is 9.